The van der Waals surface area contributed by atoms with E-state index in [0.717, 1.165) is 11.0 Å². The summed E-state index contributed by atoms with van der Waals surface area (Å²) in [6.45, 7) is 0.146. The fraction of sp³-hybridized carbons (Fsp3) is 0.125. The summed E-state index contributed by atoms with van der Waals surface area (Å²) in [5.74, 6) is -0.562. The Balaban J connectivity index is 1.61. The van der Waals surface area contributed by atoms with Crippen LogP contribution < -0.4 is 14.8 Å². The van der Waals surface area contributed by atoms with Crippen LogP contribution in [0.25, 0.3) is 6.08 Å². The number of benzene rings is 3. The largest absolute Gasteiger partial charge is 0.348 e. The van der Waals surface area contributed by atoms with Crippen molar-refractivity contribution in [3.63, 3.8) is 0 Å². The Morgan fingerprint density at radius 3 is 2.09 bits per heavy atom. The first-order valence-corrected chi connectivity index (χ1v) is 13.5. The van der Waals surface area contributed by atoms with E-state index in [1.807, 2.05) is 18.2 Å². The number of amides is 1. The Kier molecular flexibility index (Phi) is 8.21. The van der Waals surface area contributed by atoms with Crippen LogP contribution in [0.5, 0.6) is 0 Å². The monoisotopic (exact) mass is 499 g/mol. The van der Waals surface area contributed by atoms with Gasteiger partial charge in [0.05, 0.1) is 11.2 Å². The highest BCUT2D eigenvalue weighted by Gasteiger charge is 2.13. The van der Waals surface area contributed by atoms with E-state index < -0.39 is 20.0 Å². The Hall–Kier alpha value is -3.47. The van der Waals surface area contributed by atoms with Crippen LogP contribution in [0.3, 0.4) is 0 Å². The zero-order chi connectivity index (χ0) is 24.6. The maximum absolute atomic E-state index is 12.5. The van der Waals surface area contributed by atoms with Crippen molar-refractivity contribution >= 4 is 37.7 Å². The van der Waals surface area contributed by atoms with Crippen LogP contribution in [0.15, 0.2) is 84.3 Å². The first kappa shape index (κ1) is 25.2. The van der Waals surface area contributed by atoms with Gasteiger partial charge in [0, 0.05) is 17.8 Å². The van der Waals surface area contributed by atoms with E-state index in [-0.39, 0.29) is 18.2 Å². The standard InChI is InChI=1S/C24H25N3O5S2/c1-25-34(31,32)18-22-10-6-5-9-21(22)17-26-24(28)20-11-13-23(14-12-20)27-33(29,30)16-15-19-7-3-2-4-8-19/h2-16,25,27H,17-18H2,1H3,(H,26,28)/b16-15+. The number of sulfonamides is 2. The molecule has 0 radical (unpaired) electrons. The molecule has 0 saturated heterocycles. The molecule has 3 N–H and O–H groups in total. The van der Waals surface area contributed by atoms with Gasteiger partial charge in [0.1, 0.15) is 0 Å². The maximum atomic E-state index is 12.5. The first-order chi connectivity index (χ1) is 16.2. The van der Waals surface area contributed by atoms with Crippen LogP contribution in [-0.2, 0) is 32.3 Å². The minimum atomic E-state index is -3.72. The van der Waals surface area contributed by atoms with E-state index in [0.29, 0.717) is 22.4 Å². The number of carbonyl (C=O) groups is 1. The fourth-order valence-corrected chi connectivity index (χ4v) is 4.75. The SMILES string of the molecule is CNS(=O)(=O)Cc1ccccc1CNC(=O)c1ccc(NS(=O)(=O)/C=C/c2ccccc2)cc1. The highest BCUT2D eigenvalue weighted by Crippen LogP contribution is 2.15. The Morgan fingerprint density at radius 2 is 1.44 bits per heavy atom. The smallest absolute Gasteiger partial charge is 0.255 e. The number of hydrogen-bond donors (Lipinski definition) is 3. The summed E-state index contributed by atoms with van der Waals surface area (Å²) < 4.78 is 53.0. The summed E-state index contributed by atoms with van der Waals surface area (Å²) in [7, 11) is -5.82. The van der Waals surface area contributed by atoms with Crippen LogP contribution in [0, 0.1) is 0 Å². The van der Waals surface area contributed by atoms with Gasteiger partial charge >= 0.3 is 0 Å². The third-order valence-electron chi connectivity index (χ3n) is 4.86. The van der Waals surface area contributed by atoms with Crippen LogP contribution >= 0.6 is 0 Å². The predicted molar refractivity (Wildman–Crippen MR) is 134 cm³/mol. The summed E-state index contributed by atoms with van der Waals surface area (Å²) in [5.41, 5.74) is 2.68. The molecule has 0 aliphatic heterocycles. The first-order valence-electron chi connectivity index (χ1n) is 10.3. The van der Waals surface area contributed by atoms with Gasteiger partial charge in [-0.2, -0.15) is 0 Å². The van der Waals surface area contributed by atoms with Gasteiger partial charge in [-0.25, -0.2) is 21.6 Å². The lowest BCUT2D eigenvalue weighted by Crippen LogP contribution is -2.25. The Bertz CT molecular complexity index is 1370. The van der Waals surface area contributed by atoms with Gasteiger partial charge in [-0.15, -0.1) is 0 Å². The number of nitrogens with one attached hydrogen (secondary N) is 3. The molecule has 0 heterocycles. The second kappa shape index (κ2) is 11.1. The third kappa shape index (κ3) is 7.55. The van der Waals surface area contributed by atoms with Crippen LogP contribution in [0.1, 0.15) is 27.0 Å². The predicted octanol–water partition coefficient (Wildman–Crippen LogP) is 3.08. The van der Waals surface area contributed by atoms with Gasteiger partial charge in [-0.1, -0.05) is 54.6 Å². The van der Waals surface area contributed by atoms with Crippen LogP contribution in [0.4, 0.5) is 5.69 Å². The van der Waals surface area contributed by atoms with E-state index in [9.17, 15) is 21.6 Å². The maximum Gasteiger partial charge on any atom is 0.255 e. The van der Waals surface area contributed by atoms with Gasteiger partial charge in [0.2, 0.25) is 10.0 Å². The van der Waals surface area contributed by atoms with E-state index in [1.165, 1.54) is 37.4 Å². The lowest BCUT2D eigenvalue weighted by atomic mass is 10.1. The molecule has 0 aromatic heterocycles. The molecule has 0 aliphatic rings. The molecule has 3 rings (SSSR count). The van der Waals surface area contributed by atoms with E-state index in [1.54, 1.807) is 36.4 Å². The van der Waals surface area contributed by atoms with E-state index in [4.69, 9.17) is 0 Å². The molecule has 8 nitrogen and oxygen atoms in total. The normalized spacial score (nSPS) is 11.9. The Morgan fingerprint density at radius 1 is 0.824 bits per heavy atom. The van der Waals surface area contributed by atoms with E-state index >= 15 is 0 Å². The molecule has 0 bridgehead atoms. The van der Waals surface area contributed by atoms with Crippen LogP contribution in [-0.4, -0.2) is 29.8 Å². The summed E-state index contributed by atoms with van der Waals surface area (Å²) in [5, 5.41) is 3.84. The molecule has 0 atom stereocenters. The fourth-order valence-electron chi connectivity index (χ4n) is 3.05. The molecule has 3 aromatic rings. The van der Waals surface area contributed by atoms with Gasteiger partial charge in [-0.05, 0) is 54.1 Å². The molecule has 0 unspecified atom stereocenters. The summed E-state index contributed by atoms with van der Waals surface area (Å²) in [4.78, 5) is 12.5. The third-order valence-corrected chi connectivity index (χ3v) is 7.19. The zero-order valence-corrected chi connectivity index (χ0v) is 20.1. The summed E-state index contributed by atoms with van der Waals surface area (Å²) >= 11 is 0. The molecule has 3 aromatic carbocycles. The van der Waals surface area contributed by atoms with Crippen molar-refractivity contribution in [2.24, 2.45) is 0 Å². The summed E-state index contributed by atoms with van der Waals surface area (Å²) in [6, 6.07) is 22.0. The zero-order valence-electron chi connectivity index (χ0n) is 18.4. The Labute approximate surface area is 199 Å². The quantitative estimate of drug-likeness (QED) is 0.396. The number of hydrogen-bond acceptors (Lipinski definition) is 5. The minimum absolute atomic E-state index is 0.146. The van der Waals surface area contributed by atoms with Gasteiger partial charge in [-0.3, -0.25) is 9.52 Å². The van der Waals surface area contributed by atoms with E-state index in [2.05, 4.69) is 14.8 Å². The number of anilines is 1. The van der Waals surface area contributed by atoms with Crippen molar-refractivity contribution in [2.45, 2.75) is 12.3 Å². The van der Waals surface area contributed by atoms with Crippen molar-refractivity contribution in [3.05, 3.63) is 107 Å². The average Bonchev–Trinajstić information content (AvgIpc) is 2.83. The van der Waals surface area contributed by atoms with Gasteiger partial charge < -0.3 is 5.32 Å². The van der Waals surface area contributed by atoms with Gasteiger partial charge in [0.15, 0.2) is 0 Å². The highest BCUT2D eigenvalue weighted by atomic mass is 32.2. The topological polar surface area (TPSA) is 121 Å². The molecule has 1 amide bonds. The molecule has 0 fully saturated rings. The van der Waals surface area contributed by atoms with Crippen molar-refractivity contribution in [1.82, 2.24) is 10.0 Å². The molecule has 0 saturated carbocycles. The second-order valence-electron chi connectivity index (χ2n) is 7.35. The number of rotatable bonds is 10. The van der Waals surface area contributed by atoms with Crippen LogP contribution in [0.2, 0.25) is 0 Å². The van der Waals surface area contributed by atoms with Crippen molar-refractivity contribution in [3.8, 4) is 0 Å². The highest BCUT2D eigenvalue weighted by molar-refractivity contribution is 7.95. The molecule has 34 heavy (non-hydrogen) atoms. The lowest BCUT2D eigenvalue weighted by Gasteiger charge is -2.11. The lowest BCUT2D eigenvalue weighted by molar-refractivity contribution is 0.0951. The number of carbonyl (C=O) groups excluding carboxylic acids is 1. The molecule has 0 aliphatic carbocycles. The summed E-state index contributed by atoms with van der Waals surface area (Å²) in [6.07, 6.45) is 1.49. The van der Waals surface area contributed by atoms with Gasteiger partial charge in [0.25, 0.3) is 15.9 Å². The second-order valence-corrected chi connectivity index (χ2v) is 10.8. The van der Waals surface area contributed by atoms with Crippen molar-refractivity contribution < 1.29 is 21.6 Å². The molecular formula is C24H25N3O5S2. The molecule has 10 heteroatoms. The minimum Gasteiger partial charge on any atom is -0.348 e. The molecule has 178 valence electrons. The molecular weight excluding hydrogens is 474 g/mol. The molecule has 0 spiro atoms. The van der Waals surface area contributed by atoms with Crippen molar-refractivity contribution in [2.75, 3.05) is 11.8 Å². The van der Waals surface area contributed by atoms with Crippen molar-refractivity contribution in [1.29, 1.82) is 0 Å². The average molecular weight is 500 g/mol.